The number of allylic oxidation sites excluding steroid dienone is 2. The van der Waals surface area contributed by atoms with Crippen LogP contribution in [0.5, 0.6) is 5.75 Å². The van der Waals surface area contributed by atoms with Gasteiger partial charge in [-0.1, -0.05) is 12.2 Å². The lowest BCUT2D eigenvalue weighted by molar-refractivity contribution is -0.384. The van der Waals surface area contributed by atoms with Crippen molar-refractivity contribution >= 4 is 35.2 Å². The molecular formula is C31H23N3O9. The summed E-state index contributed by atoms with van der Waals surface area (Å²) in [5.74, 6) is -3.74. The molecule has 0 spiro atoms. The van der Waals surface area contributed by atoms with Crippen LogP contribution in [0.2, 0.25) is 0 Å². The number of nitro benzene ring substituents is 1. The predicted molar refractivity (Wildman–Crippen MR) is 145 cm³/mol. The summed E-state index contributed by atoms with van der Waals surface area (Å²) in [6.45, 7) is -0.645. The SMILES string of the molecule is O=C(CN(C(=O)c1ccc([N+](=O)[O-])cc1)N1C(=O)[C@@H]2[C@H]3C=C[C@@H]([C@@H]4C[C@H]34)[C@H]2C1=O)c1ccc(OC(=O)c2ccco2)cc1. The normalized spacial score (nSPS) is 26.1. The fourth-order valence-electron chi connectivity index (χ4n) is 6.78. The summed E-state index contributed by atoms with van der Waals surface area (Å²) in [6.07, 6.45) is 6.30. The number of benzene rings is 2. The monoisotopic (exact) mass is 581 g/mol. The van der Waals surface area contributed by atoms with Gasteiger partial charge in [-0.2, -0.15) is 5.01 Å². The molecule has 0 N–H and O–H groups in total. The molecule has 3 fully saturated rings. The lowest BCUT2D eigenvalue weighted by atomic mass is 9.63. The van der Waals surface area contributed by atoms with Gasteiger partial charge in [-0.05, 0) is 78.6 Å². The summed E-state index contributed by atoms with van der Waals surface area (Å²) < 4.78 is 10.3. The Bertz CT molecular complexity index is 1680. The first-order valence-corrected chi connectivity index (χ1v) is 13.7. The van der Waals surface area contributed by atoms with Crippen LogP contribution in [-0.2, 0) is 9.59 Å². The molecule has 5 aliphatic rings. The zero-order valence-corrected chi connectivity index (χ0v) is 22.4. The highest BCUT2D eigenvalue weighted by Gasteiger charge is 2.68. The van der Waals surface area contributed by atoms with Gasteiger partial charge in [-0.3, -0.25) is 29.3 Å². The van der Waals surface area contributed by atoms with Gasteiger partial charge in [-0.15, -0.1) is 0 Å². The van der Waals surface area contributed by atoms with E-state index < -0.39 is 52.8 Å². The van der Waals surface area contributed by atoms with Crippen LogP contribution in [-0.4, -0.2) is 51.0 Å². The summed E-state index contributed by atoms with van der Waals surface area (Å²) in [6, 6.07) is 13.3. The topological polar surface area (TPSA) is 157 Å². The molecule has 0 radical (unpaired) electrons. The van der Waals surface area contributed by atoms with E-state index in [-0.39, 0.29) is 40.2 Å². The van der Waals surface area contributed by atoms with Gasteiger partial charge in [0.25, 0.3) is 23.4 Å². The molecule has 2 bridgehead atoms. The number of hydrogen-bond donors (Lipinski definition) is 0. The largest absolute Gasteiger partial charge is 0.457 e. The number of nitro groups is 1. The number of hydrogen-bond acceptors (Lipinski definition) is 9. The van der Waals surface area contributed by atoms with Crippen LogP contribution in [0.4, 0.5) is 5.69 Å². The van der Waals surface area contributed by atoms with Gasteiger partial charge in [0, 0.05) is 23.3 Å². The highest BCUT2D eigenvalue weighted by atomic mass is 16.6. The van der Waals surface area contributed by atoms with Crippen molar-refractivity contribution in [1.82, 2.24) is 10.0 Å². The molecule has 4 aliphatic carbocycles. The van der Waals surface area contributed by atoms with Crippen molar-refractivity contribution in [2.75, 3.05) is 6.54 Å². The molecule has 2 saturated carbocycles. The highest BCUT2D eigenvalue weighted by molar-refractivity contribution is 6.10. The second-order valence-electron chi connectivity index (χ2n) is 11.1. The van der Waals surface area contributed by atoms with Crippen LogP contribution in [0.15, 0.2) is 83.5 Å². The number of non-ortho nitro benzene ring substituents is 1. The number of ether oxygens (including phenoxy) is 1. The third-order valence-electron chi connectivity index (χ3n) is 8.84. The second kappa shape index (κ2) is 9.86. The molecule has 1 aromatic heterocycles. The molecule has 6 atom stereocenters. The smallest absolute Gasteiger partial charge is 0.379 e. The lowest BCUT2D eigenvalue weighted by Crippen LogP contribution is -2.52. The Balaban J connectivity index is 1.16. The average molecular weight is 582 g/mol. The number of esters is 1. The molecule has 2 aromatic carbocycles. The van der Waals surface area contributed by atoms with E-state index in [4.69, 9.17) is 9.15 Å². The van der Waals surface area contributed by atoms with Crippen LogP contribution in [0.1, 0.15) is 37.7 Å². The Labute approximate surface area is 243 Å². The Morgan fingerprint density at radius 1 is 0.907 bits per heavy atom. The van der Waals surface area contributed by atoms with E-state index in [9.17, 15) is 34.1 Å². The number of carbonyl (C=O) groups is 5. The fourth-order valence-corrected chi connectivity index (χ4v) is 6.78. The van der Waals surface area contributed by atoms with E-state index in [1.165, 1.54) is 54.8 Å². The molecular weight excluding hydrogens is 558 g/mol. The third kappa shape index (κ3) is 4.33. The van der Waals surface area contributed by atoms with Gasteiger partial charge in [0.1, 0.15) is 12.3 Å². The van der Waals surface area contributed by atoms with Gasteiger partial charge in [-0.25, -0.2) is 9.80 Å². The summed E-state index contributed by atoms with van der Waals surface area (Å²) in [5.41, 5.74) is -0.134. The molecule has 216 valence electrons. The molecule has 0 unspecified atom stereocenters. The standard InChI is InChI=1S/C31H23N3O9/c35-24(16-5-9-19(10-6-16)43-31(39)25-2-1-13-42-25)15-32(28(36)17-3-7-18(8-4-17)34(40)41)33-29(37)26-20-11-12-21(23-14-22(20)23)27(26)30(33)38/h1-13,20-23,26-27H,14-15H2/t20-,21-,22-,23+,26+,27+/m0/s1. The number of carbonyl (C=O) groups excluding carboxylic acids is 5. The molecule has 1 saturated heterocycles. The predicted octanol–water partition coefficient (Wildman–Crippen LogP) is 3.70. The lowest BCUT2D eigenvalue weighted by Gasteiger charge is -2.37. The Hall–Kier alpha value is -5.39. The van der Waals surface area contributed by atoms with Crippen molar-refractivity contribution in [2.45, 2.75) is 6.42 Å². The Morgan fingerprint density at radius 3 is 2.07 bits per heavy atom. The van der Waals surface area contributed by atoms with Crippen LogP contribution >= 0.6 is 0 Å². The number of hydrazine groups is 1. The van der Waals surface area contributed by atoms with Crippen LogP contribution in [0.3, 0.4) is 0 Å². The zero-order chi connectivity index (χ0) is 30.0. The van der Waals surface area contributed by atoms with Gasteiger partial charge in [0.15, 0.2) is 5.78 Å². The minimum atomic E-state index is -0.821. The molecule has 1 aliphatic heterocycles. The first kappa shape index (κ1) is 26.5. The minimum Gasteiger partial charge on any atom is -0.457 e. The third-order valence-corrected chi connectivity index (χ3v) is 8.84. The number of rotatable bonds is 8. The molecule has 2 heterocycles. The quantitative estimate of drug-likeness (QED) is 0.0736. The minimum absolute atomic E-state index is 0.00186. The van der Waals surface area contributed by atoms with Crippen molar-refractivity contribution in [3.05, 3.63) is 106 Å². The van der Waals surface area contributed by atoms with Gasteiger partial charge in [0.2, 0.25) is 5.76 Å². The van der Waals surface area contributed by atoms with Crippen molar-refractivity contribution in [3.8, 4) is 5.75 Å². The fraction of sp³-hybridized carbons (Fsp3) is 0.258. The summed E-state index contributed by atoms with van der Waals surface area (Å²) >= 11 is 0. The zero-order valence-electron chi connectivity index (χ0n) is 22.4. The molecule has 8 rings (SSSR count). The number of amides is 3. The Morgan fingerprint density at radius 2 is 1.51 bits per heavy atom. The first-order chi connectivity index (χ1) is 20.7. The van der Waals surface area contributed by atoms with Crippen LogP contribution in [0, 0.1) is 45.6 Å². The highest BCUT2D eigenvalue weighted by Crippen LogP contribution is 2.65. The van der Waals surface area contributed by atoms with Gasteiger partial charge < -0.3 is 9.15 Å². The van der Waals surface area contributed by atoms with Gasteiger partial charge >= 0.3 is 5.97 Å². The molecule has 3 amide bonds. The van der Waals surface area contributed by atoms with Gasteiger partial charge in [0.05, 0.1) is 23.0 Å². The maximum atomic E-state index is 13.8. The summed E-state index contributed by atoms with van der Waals surface area (Å²) in [5, 5.41) is 12.8. The maximum Gasteiger partial charge on any atom is 0.379 e. The van der Waals surface area contributed by atoms with Crippen molar-refractivity contribution < 1.29 is 38.1 Å². The van der Waals surface area contributed by atoms with E-state index in [0.29, 0.717) is 11.8 Å². The van der Waals surface area contributed by atoms with E-state index in [0.717, 1.165) is 28.6 Å². The number of imide groups is 1. The summed E-state index contributed by atoms with van der Waals surface area (Å²) in [4.78, 5) is 77.6. The van der Waals surface area contributed by atoms with Crippen LogP contribution < -0.4 is 4.74 Å². The molecule has 3 aromatic rings. The van der Waals surface area contributed by atoms with E-state index in [1.807, 2.05) is 12.2 Å². The average Bonchev–Trinajstić information content (AvgIpc) is 3.58. The number of Topliss-reactive ketones (excluding diaryl/α,β-unsaturated/α-hetero) is 1. The second-order valence-corrected chi connectivity index (χ2v) is 11.1. The van der Waals surface area contributed by atoms with E-state index >= 15 is 0 Å². The van der Waals surface area contributed by atoms with Crippen molar-refractivity contribution in [1.29, 1.82) is 0 Å². The number of furan rings is 1. The number of nitrogens with zero attached hydrogens (tertiary/aromatic N) is 3. The van der Waals surface area contributed by atoms with Crippen molar-refractivity contribution in [2.24, 2.45) is 35.5 Å². The van der Waals surface area contributed by atoms with Crippen LogP contribution in [0.25, 0.3) is 0 Å². The Kier molecular flexibility index (Phi) is 6.08. The van der Waals surface area contributed by atoms with E-state index in [2.05, 4.69) is 0 Å². The summed E-state index contributed by atoms with van der Waals surface area (Å²) in [7, 11) is 0. The van der Waals surface area contributed by atoms with E-state index in [1.54, 1.807) is 0 Å². The molecule has 12 heteroatoms. The number of ketones is 1. The first-order valence-electron chi connectivity index (χ1n) is 13.7. The molecule has 43 heavy (non-hydrogen) atoms. The van der Waals surface area contributed by atoms with Crippen molar-refractivity contribution in [3.63, 3.8) is 0 Å². The molecule has 12 nitrogen and oxygen atoms in total. The maximum absolute atomic E-state index is 13.8.